The molecule has 3 atom stereocenters. The van der Waals surface area contributed by atoms with Gasteiger partial charge in [-0.1, -0.05) is 348 Å². The number of hydrogen-bond acceptors (Lipinski definition) is 5. The van der Waals surface area contributed by atoms with Crippen molar-refractivity contribution in [3.63, 3.8) is 0 Å². The van der Waals surface area contributed by atoms with Gasteiger partial charge in [-0.2, -0.15) is 0 Å². The molecule has 0 aromatic heterocycles. The maximum atomic E-state index is 13.0. The van der Waals surface area contributed by atoms with Crippen LogP contribution in [0.4, 0.5) is 0 Å². The molecule has 9 heteroatoms. The third-order valence-electron chi connectivity index (χ3n) is 16.1. The highest BCUT2D eigenvalue weighted by Crippen LogP contribution is 2.43. The minimum atomic E-state index is -4.32. The molecule has 3 unspecified atom stereocenters. The third-order valence-corrected chi connectivity index (χ3v) is 17.1. The smallest absolute Gasteiger partial charge is 0.391 e. The minimum Gasteiger partial charge on any atom is -0.391 e. The molecule has 0 aliphatic heterocycles. The zero-order chi connectivity index (χ0) is 54.9. The Morgan fingerprint density at radius 3 is 0.893 bits per heavy atom. The maximum absolute atomic E-state index is 13.0. The Morgan fingerprint density at radius 1 is 0.400 bits per heavy atom. The van der Waals surface area contributed by atoms with Crippen molar-refractivity contribution in [2.45, 2.75) is 379 Å². The number of likely N-dealkylation sites (N-methyl/N-ethyl adjacent to an activating group) is 1. The summed E-state index contributed by atoms with van der Waals surface area (Å²) in [4.78, 5) is 23.4. The average molecular weight is 1080 g/mol. The number of nitrogens with zero attached hydrogens (tertiary/aromatic N) is 1. The van der Waals surface area contributed by atoms with E-state index in [0.717, 1.165) is 38.5 Å². The fourth-order valence-corrected chi connectivity index (χ4v) is 11.6. The molecular weight excluding hydrogens is 948 g/mol. The molecule has 0 fully saturated rings. The van der Waals surface area contributed by atoms with Crippen LogP contribution in [0.3, 0.4) is 0 Å². The van der Waals surface area contributed by atoms with Crippen molar-refractivity contribution in [3.05, 3.63) is 0 Å². The fourth-order valence-electron chi connectivity index (χ4n) is 10.8. The number of quaternary nitrogens is 1. The van der Waals surface area contributed by atoms with E-state index in [2.05, 4.69) is 19.2 Å². The van der Waals surface area contributed by atoms with Crippen LogP contribution in [0.5, 0.6) is 0 Å². The number of carbonyl (C=O) groups is 1. The molecule has 0 saturated carbocycles. The molecule has 0 saturated heterocycles. The quantitative estimate of drug-likeness (QED) is 0.0318. The second-order valence-electron chi connectivity index (χ2n) is 24.9. The van der Waals surface area contributed by atoms with Crippen molar-refractivity contribution in [2.24, 2.45) is 0 Å². The van der Waals surface area contributed by atoms with Gasteiger partial charge in [-0.15, -0.1) is 0 Å². The summed E-state index contributed by atoms with van der Waals surface area (Å²) in [5.41, 5.74) is 0. The van der Waals surface area contributed by atoms with Crippen LogP contribution in [-0.2, 0) is 18.4 Å². The van der Waals surface area contributed by atoms with Crippen LogP contribution in [-0.4, -0.2) is 73.4 Å². The van der Waals surface area contributed by atoms with Gasteiger partial charge in [0.15, 0.2) is 0 Å². The second kappa shape index (κ2) is 58.2. The number of nitrogens with one attached hydrogen (secondary N) is 1. The Labute approximate surface area is 470 Å². The highest BCUT2D eigenvalue weighted by Gasteiger charge is 2.28. The van der Waals surface area contributed by atoms with Gasteiger partial charge in [0.25, 0.3) is 0 Å². The van der Waals surface area contributed by atoms with Crippen LogP contribution in [0.15, 0.2) is 0 Å². The van der Waals surface area contributed by atoms with Crippen LogP contribution < -0.4 is 5.32 Å². The van der Waals surface area contributed by atoms with E-state index in [4.69, 9.17) is 9.05 Å². The van der Waals surface area contributed by atoms with E-state index in [9.17, 15) is 19.4 Å². The van der Waals surface area contributed by atoms with Crippen molar-refractivity contribution in [2.75, 3.05) is 40.9 Å². The Hall–Kier alpha value is -0.500. The predicted molar refractivity (Wildman–Crippen MR) is 328 cm³/mol. The molecule has 0 heterocycles. The summed E-state index contributed by atoms with van der Waals surface area (Å²) >= 11 is 0. The zero-order valence-corrected chi connectivity index (χ0v) is 52.5. The van der Waals surface area contributed by atoms with Crippen LogP contribution >= 0.6 is 7.82 Å². The minimum absolute atomic E-state index is 0.0793. The Morgan fingerprint density at radius 2 is 0.640 bits per heavy atom. The number of aliphatic hydroxyl groups excluding tert-OH is 1. The Bertz CT molecular complexity index is 1180. The molecule has 0 bridgehead atoms. The third kappa shape index (κ3) is 61.0. The van der Waals surface area contributed by atoms with Crippen LogP contribution in [0.2, 0.25) is 0 Å². The summed E-state index contributed by atoms with van der Waals surface area (Å²) in [6, 6.07) is -0.756. The molecule has 450 valence electrons. The molecule has 0 aromatic carbocycles. The van der Waals surface area contributed by atoms with Crippen LogP contribution in [0.1, 0.15) is 367 Å². The van der Waals surface area contributed by atoms with Gasteiger partial charge in [0.2, 0.25) is 5.91 Å². The summed E-state index contributed by atoms with van der Waals surface area (Å²) < 4.78 is 23.9. The first-order valence-corrected chi connectivity index (χ1v) is 35.4. The van der Waals surface area contributed by atoms with Gasteiger partial charge in [-0.05, 0) is 12.8 Å². The van der Waals surface area contributed by atoms with Gasteiger partial charge >= 0.3 is 7.82 Å². The highest BCUT2D eigenvalue weighted by molar-refractivity contribution is 7.47. The number of phosphoric ester groups is 1. The lowest BCUT2D eigenvalue weighted by atomic mass is 10.0. The maximum Gasteiger partial charge on any atom is 0.472 e. The lowest BCUT2D eigenvalue weighted by molar-refractivity contribution is -0.870. The lowest BCUT2D eigenvalue weighted by Crippen LogP contribution is -2.46. The molecule has 0 rings (SSSR count). The average Bonchev–Trinajstić information content (AvgIpc) is 3.37. The SMILES string of the molecule is CCCCCCCCCCCCCCCCCCCCCCCCCCCCCCCCCCCCC(=O)NC(COP(=O)(O)OCC[N+](C)(C)C)C(O)CCCCCCCCCCCCCCCCCCCCC. The van der Waals surface area contributed by atoms with Crippen molar-refractivity contribution in [1.82, 2.24) is 5.32 Å². The molecule has 0 aromatic rings. The lowest BCUT2D eigenvalue weighted by Gasteiger charge is -2.26. The number of phosphoric acid groups is 1. The van der Waals surface area contributed by atoms with Gasteiger partial charge < -0.3 is 19.8 Å². The molecule has 75 heavy (non-hydrogen) atoms. The van der Waals surface area contributed by atoms with Gasteiger partial charge in [0.05, 0.1) is 39.9 Å². The van der Waals surface area contributed by atoms with E-state index in [1.807, 2.05) is 21.1 Å². The van der Waals surface area contributed by atoms with E-state index in [-0.39, 0.29) is 19.1 Å². The predicted octanol–water partition coefficient (Wildman–Crippen LogP) is 21.2. The van der Waals surface area contributed by atoms with Crippen molar-refractivity contribution in [1.29, 1.82) is 0 Å². The van der Waals surface area contributed by atoms with E-state index in [1.165, 1.54) is 302 Å². The summed E-state index contributed by atoms with van der Waals surface area (Å²) in [6.45, 7) is 4.96. The van der Waals surface area contributed by atoms with E-state index < -0.39 is 20.0 Å². The zero-order valence-electron chi connectivity index (χ0n) is 51.6. The molecule has 0 aliphatic rings. The van der Waals surface area contributed by atoms with Crippen molar-refractivity contribution < 1.29 is 32.9 Å². The molecule has 0 spiro atoms. The van der Waals surface area contributed by atoms with E-state index in [1.54, 1.807) is 0 Å². The van der Waals surface area contributed by atoms with Gasteiger partial charge in [-0.3, -0.25) is 13.8 Å². The standard InChI is InChI=1S/C66H135N2O6P/c1-6-8-10-12-14-16-18-20-22-24-26-27-28-29-30-31-32-33-34-35-36-37-38-39-40-42-44-46-48-50-52-54-56-58-60-66(70)67-64(63-74-75(71,72)73-62-61-68(3,4)5)65(69)59-57-55-53-51-49-47-45-43-41-25-23-21-19-17-15-13-11-9-7-2/h64-65,69H,6-63H2,1-5H3,(H-,67,70,71,72)/p+1. The summed E-state index contributed by atoms with van der Waals surface area (Å²) in [5.74, 6) is -0.134. The molecule has 0 aliphatic carbocycles. The number of aliphatic hydroxyl groups is 1. The van der Waals surface area contributed by atoms with E-state index >= 15 is 0 Å². The first kappa shape index (κ1) is 74.5. The topological polar surface area (TPSA) is 105 Å². The number of unbranched alkanes of at least 4 members (excludes halogenated alkanes) is 51. The molecule has 0 radical (unpaired) electrons. The second-order valence-corrected chi connectivity index (χ2v) is 26.4. The Kier molecular flexibility index (Phi) is 57.8. The summed E-state index contributed by atoms with van der Waals surface area (Å²) in [5, 5.41) is 14.1. The molecular formula is C66H136N2O6P+. The Balaban J connectivity index is 3.93. The van der Waals surface area contributed by atoms with Gasteiger partial charge in [-0.25, -0.2) is 4.57 Å². The molecule has 8 nitrogen and oxygen atoms in total. The van der Waals surface area contributed by atoms with Gasteiger partial charge in [0.1, 0.15) is 13.2 Å². The highest BCUT2D eigenvalue weighted by atomic mass is 31.2. The van der Waals surface area contributed by atoms with Crippen molar-refractivity contribution >= 4 is 13.7 Å². The number of hydrogen-bond donors (Lipinski definition) is 3. The largest absolute Gasteiger partial charge is 0.472 e. The van der Waals surface area contributed by atoms with Gasteiger partial charge in [0, 0.05) is 6.42 Å². The number of rotatable bonds is 64. The summed E-state index contributed by atoms with van der Waals surface area (Å²) in [6.07, 6.45) is 72.0. The monoisotopic (exact) mass is 1080 g/mol. The first-order chi connectivity index (χ1) is 36.5. The van der Waals surface area contributed by atoms with E-state index in [0.29, 0.717) is 23.9 Å². The van der Waals surface area contributed by atoms with Crippen LogP contribution in [0, 0.1) is 0 Å². The fraction of sp³-hybridized carbons (Fsp3) is 0.985. The first-order valence-electron chi connectivity index (χ1n) is 33.9. The van der Waals surface area contributed by atoms with Crippen molar-refractivity contribution in [3.8, 4) is 0 Å². The number of amides is 1. The van der Waals surface area contributed by atoms with Crippen LogP contribution in [0.25, 0.3) is 0 Å². The number of carbonyl (C=O) groups excluding carboxylic acids is 1. The molecule has 1 amide bonds. The summed E-state index contributed by atoms with van der Waals surface area (Å²) in [7, 11) is 1.64. The normalized spacial score (nSPS) is 13.6. The molecule has 3 N–H and O–H groups in total.